The maximum Gasteiger partial charge on any atom is 0.307 e. The summed E-state index contributed by atoms with van der Waals surface area (Å²) in [4.78, 5) is 21.5. The Bertz CT molecular complexity index is 743. The molecule has 0 atom stereocenters. The number of benzene rings is 1. The van der Waals surface area contributed by atoms with Gasteiger partial charge in [-0.05, 0) is 18.2 Å². The van der Waals surface area contributed by atoms with Gasteiger partial charge in [-0.1, -0.05) is 15.9 Å². The molecule has 0 fully saturated rings. The van der Waals surface area contributed by atoms with Gasteiger partial charge in [0.15, 0.2) is 0 Å². The van der Waals surface area contributed by atoms with Crippen molar-refractivity contribution < 1.29 is 14.8 Å². The molecular formula is C12H10BrN5O4. The lowest BCUT2D eigenvalue weighted by atomic mass is 10.2. The number of hydrogen-bond acceptors (Lipinski definition) is 6. The molecule has 2 N–H and O–H groups in total. The van der Waals surface area contributed by atoms with Crippen LogP contribution in [0.15, 0.2) is 40.2 Å². The number of nitrogens with one attached hydrogen (secondary N) is 1. The third-order valence-electron chi connectivity index (χ3n) is 2.52. The van der Waals surface area contributed by atoms with E-state index in [9.17, 15) is 20.0 Å². The first-order chi connectivity index (χ1) is 10.5. The van der Waals surface area contributed by atoms with Crippen molar-refractivity contribution in [1.29, 1.82) is 0 Å². The Labute approximate surface area is 132 Å². The molecule has 0 aliphatic heterocycles. The van der Waals surface area contributed by atoms with Crippen molar-refractivity contribution in [3.8, 4) is 5.75 Å². The van der Waals surface area contributed by atoms with Gasteiger partial charge >= 0.3 is 5.69 Å². The van der Waals surface area contributed by atoms with Gasteiger partial charge in [-0.25, -0.2) is 5.43 Å². The molecule has 0 aliphatic rings. The average Bonchev–Trinajstić information content (AvgIpc) is 2.91. The fourth-order valence-corrected chi connectivity index (χ4v) is 1.90. The van der Waals surface area contributed by atoms with E-state index in [0.717, 1.165) is 21.5 Å². The van der Waals surface area contributed by atoms with E-state index in [2.05, 4.69) is 31.6 Å². The largest absolute Gasteiger partial charge is 0.507 e. The Morgan fingerprint density at radius 1 is 1.59 bits per heavy atom. The molecule has 0 saturated carbocycles. The molecule has 10 heteroatoms. The molecule has 1 aromatic heterocycles. The summed E-state index contributed by atoms with van der Waals surface area (Å²) < 4.78 is 1.88. The predicted molar refractivity (Wildman–Crippen MR) is 80.4 cm³/mol. The van der Waals surface area contributed by atoms with Crippen molar-refractivity contribution in [3.63, 3.8) is 0 Å². The number of phenols is 1. The first-order valence-corrected chi connectivity index (χ1v) is 6.72. The third kappa shape index (κ3) is 4.12. The molecular weight excluding hydrogens is 358 g/mol. The summed E-state index contributed by atoms with van der Waals surface area (Å²) >= 11 is 3.25. The average molecular weight is 368 g/mol. The molecule has 1 heterocycles. The number of hydrazone groups is 1. The van der Waals surface area contributed by atoms with Crippen LogP contribution in [-0.4, -0.2) is 31.9 Å². The number of nitro groups is 1. The predicted octanol–water partition coefficient (Wildman–Crippen LogP) is 1.41. The lowest BCUT2D eigenvalue weighted by molar-refractivity contribution is -0.385. The quantitative estimate of drug-likeness (QED) is 0.469. The van der Waals surface area contributed by atoms with Gasteiger partial charge in [0.1, 0.15) is 24.7 Å². The van der Waals surface area contributed by atoms with Gasteiger partial charge in [-0.15, -0.1) is 0 Å². The minimum Gasteiger partial charge on any atom is -0.507 e. The SMILES string of the molecule is O=C(Cn1cc([N+](=O)[O-])cn1)N/N=C\c1cc(Br)ccc1O. The molecule has 9 nitrogen and oxygen atoms in total. The number of aromatic hydroxyl groups is 1. The Hall–Kier alpha value is -2.75. The smallest absolute Gasteiger partial charge is 0.307 e. The number of halogens is 1. The van der Waals surface area contributed by atoms with E-state index in [4.69, 9.17) is 0 Å². The van der Waals surface area contributed by atoms with E-state index in [1.807, 2.05) is 0 Å². The molecule has 0 radical (unpaired) electrons. The van der Waals surface area contributed by atoms with Crippen molar-refractivity contribution in [2.24, 2.45) is 5.10 Å². The van der Waals surface area contributed by atoms with E-state index in [1.54, 1.807) is 12.1 Å². The maximum atomic E-state index is 11.6. The zero-order valence-corrected chi connectivity index (χ0v) is 12.6. The van der Waals surface area contributed by atoms with Gasteiger partial charge in [-0.3, -0.25) is 19.6 Å². The molecule has 0 unspecified atom stereocenters. The Morgan fingerprint density at radius 2 is 2.36 bits per heavy atom. The van der Waals surface area contributed by atoms with Crippen molar-refractivity contribution in [2.75, 3.05) is 0 Å². The van der Waals surface area contributed by atoms with Crippen LogP contribution in [0.1, 0.15) is 5.56 Å². The van der Waals surface area contributed by atoms with Gasteiger partial charge in [0.2, 0.25) is 0 Å². The topological polar surface area (TPSA) is 123 Å². The Kier molecular flexibility index (Phi) is 4.84. The number of carbonyl (C=O) groups excluding carboxylic acids is 1. The lowest BCUT2D eigenvalue weighted by Gasteiger charge is -2.01. The van der Waals surface area contributed by atoms with E-state index in [0.29, 0.717) is 5.56 Å². The second-order valence-electron chi connectivity index (χ2n) is 4.15. The molecule has 22 heavy (non-hydrogen) atoms. The van der Waals surface area contributed by atoms with Crippen LogP contribution in [-0.2, 0) is 11.3 Å². The highest BCUT2D eigenvalue weighted by Crippen LogP contribution is 2.19. The highest BCUT2D eigenvalue weighted by atomic mass is 79.9. The van der Waals surface area contributed by atoms with Crippen LogP contribution in [0.4, 0.5) is 5.69 Å². The lowest BCUT2D eigenvalue weighted by Crippen LogP contribution is -2.23. The van der Waals surface area contributed by atoms with Gasteiger partial charge in [0, 0.05) is 10.0 Å². The van der Waals surface area contributed by atoms with Gasteiger partial charge in [0.25, 0.3) is 5.91 Å². The number of aromatic nitrogens is 2. The summed E-state index contributed by atoms with van der Waals surface area (Å²) in [5.41, 5.74) is 2.46. The van der Waals surface area contributed by atoms with Crippen LogP contribution in [0.2, 0.25) is 0 Å². The molecule has 2 aromatic rings. The van der Waals surface area contributed by atoms with E-state index in [1.165, 1.54) is 12.3 Å². The second-order valence-corrected chi connectivity index (χ2v) is 5.07. The molecule has 1 aromatic carbocycles. The van der Waals surface area contributed by atoms with Crippen LogP contribution in [0.3, 0.4) is 0 Å². The molecule has 114 valence electrons. The van der Waals surface area contributed by atoms with Crippen molar-refractivity contribution in [3.05, 3.63) is 50.7 Å². The number of rotatable bonds is 5. The van der Waals surface area contributed by atoms with Crippen molar-refractivity contribution in [2.45, 2.75) is 6.54 Å². The van der Waals surface area contributed by atoms with E-state index in [-0.39, 0.29) is 18.0 Å². The molecule has 0 saturated heterocycles. The van der Waals surface area contributed by atoms with Crippen LogP contribution >= 0.6 is 15.9 Å². The molecule has 1 amide bonds. The molecule has 0 aliphatic carbocycles. The summed E-state index contributed by atoms with van der Waals surface area (Å²) in [5.74, 6) is -0.493. The van der Waals surface area contributed by atoms with Gasteiger partial charge < -0.3 is 5.11 Å². The third-order valence-corrected chi connectivity index (χ3v) is 3.01. The van der Waals surface area contributed by atoms with E-state index >= 15 is 0 Å². The standard InChI is InChI=1S/C12H10BrN5O4/c13-9-1-2-11(19)8(3-9)4-14-16-12(20)7-17-6-10(5-15-17)18(21)22/h1-6,19H,7H2,(H,16,20)/b14-4-. The summed E-state index contributed by atoms with van der Waals surface area (Å²) in [7, 11) is 0. The van der Waals surface area contributed by atoms with Crippen LogP contribution < -0.4 is 5.43 Å². The highest BCUT2D eigenvalue weighted by molar-refractivity contribution is 9.10. The fourth-order valence-electron chi connectivity index (χ4n) is 1.52. The van der Waals surface area contributed by atoms with Crippen LogP contribution in [0, 0.1) is 10.1 Å². The summed E-state index contributed by atoms with van der Waals surface area (Å²) in [5, 5.41) is 27.5. The Morgan fingerprint density at radius 3 is 3.05 bits per heavy atom. The fraction of sp³-hybridized carbons (Fsp3) is 0.0833. The zero-order chi connectivity index (χ0) is 16.1. The minimum atomic E-state index is -0.602. The van der Waals surface area contributed by atoms with Crippen LogP contribution in [0.5, 0.6) is 5.75 Å². The summed E-state index contributed by atoms with van der Waals surface area (Å²) in [6.07, 6.45) is 3.48. The summed E-state index contributed by atoms with van der Waals surface area (Å²) in [6.45, 7) is -0.213. The van der Waals surface area contributed by atoms with Crippen molar-refractivity contribution in [1.82, 2.24) is 15.2 Å². The van der Waals surface area contributed by atoms with Crippen molar-refractivity contribution >= 4 is 33.7 Å². The second kappa shape index (κ2) is 6.80. The first-order valence-electron chi connectivity index (χ1n) is 5.93. The highest BCUT2D eigenvalue weighted by Gasteiger charge is 2.10. The van der Waals surface area contributed by atoms with Crippen LogP contribution in [0.25, 0.3) is 0 Å². The minimum absolute atomic E-state index is 0.0175. The maximum absolute atomic E-state index is 11.6. The monoisotopic (exact) mass is 367 g/mol. The van der Waals surface area contributed by atoms with Gasteiger partial charge in [-0.2, -0.15) is 10.2 Å². The molecule has 2 rings (SSSR count). The number of hydrogen-bond donors (Lipinski definition) is 2. The number of nitrogens with zero attached hydrogens (tertiary/aromatic N) is 4. The summed E-state index contributed by atoms with van der Waals surface area (Å²) in [6, 6.07) is 4.77. The zero-order valence-electron chi connectivity index (χ0n) is 11.0. The first kappa shape index (κ1) is 15.6. The Balaban J connectivity index is 1.93. The number of amides is 1. The molecule has 0 bridgehead atoms. The molecule has 0 spiro atoms. The number of carbonyl (C=O) groups is 1. The normalized spacial score (nSPS) is 10.8. The van der Waals surface area contributed by atoms with Gasteiger partial charge in [0.05, 0.1) is 11.1 Å². The number of phenolic OH excluding ortho intramolecular Hbond substituents is 1. The van der Waals surface area contributed by atoms with E-state index < -0.39 is 10.8 Å².